The van der Waals surface area contributed by atoms with Crippen molar-refractivity contribution in [3.8, 4) is 0 Å². The first-order chi connectivity index (χ1) is 7.74. The van der Waals surface area contributed by atoms with Gasteiger partial charge in [0.25, 0.3) is 0 Å². The van der Waals surface area contributed by atoms with Crippen LogP contribution in [-0.2, 0) is 9.47 Å². The van der Waals surface area contributed by atoms with E-state index in [1.54, 1.807) is 14.2 Å². The molecule has 17 heavy (non-hydrogen) atoms. The van der Waals surface area contributed by atoms with Gasteiger partial charge in [-0.2, -0.15) is 0 Å². The van der Waals surface area contributed by atoms with Gasteiger partial charge in [0, 0.05) is 39.4 Å². The second-order valence-corrected chi connectivity index (χ2v) is 5.87. The van der Waals surface area contributed by atoms with E-state index in [0.717, 1.165) is 32.8 Å². The van der Waals surface area contributed by atoms with Crippen molar-refractivity contribution in [1.29, 1.82) is 0 Å². The number of hydrogen-bond donors (Lipinski definition) is 1. The minimum atomic E-state index is -0.203. The molecule has 0 fully saturated rings. The number of rotatable bonds is 9. The largest absolute Gasteiger partial charge is 0.383 e. The molecule has 0 saturated carbocycles. The quantitative estimate of drug-likeness (QED) is 0.667. The number of hydrogen-bond acceptors (Lipinski definition) is 4. The van der Waals surface area contributed by atoms with E-state index in [9.17, 15) is 0 Å². The van der Waals surface area contributed by atoms with Crippen molar-refractivity contribution in [2.24, 2.45) is 11.1 Å². The van der Waals surface area contributed by atoms with Crippen LogP contribution in [0.1, 0.15) is 27.7 Å². The van der Waals surface area contributed by atoms with Gasteiger partial charge >= 0.3 is 0 Å². The topological polar surface area (TPSA) is 47.7 Å². The number of nitrogens with zero attached hydrogens (tertiary/aromatic N) is 1. The van der Waals surface area contributed by atoms with Crippen LogP contribution in [0.2, 0.25) is 0 Å². The molecule has 0 atom stereocenters. The van der Waals surface area contributed by atoms with Crippen LogP contribution in [0.5, 0.6) is 0 Å². The SMILES string of the molecule is COCCN(CCOC)CC(C)(C)C(C)(C)N. The van der Waals surface area contributed by atoms with Crippen LogP contribution in [0.25, 0.3) is 0 Å². The lowest BCUT2D eigenvalue weighted by Crippen LogP contribution is -2.53. The van der Waals surface area contributed by atoms with Crippen molar-refractivity contribution in [3.63, 3.8) is 0 Å². The molecule has 0 amide bonds. The third kappa shape index (κ3) is 6.36. The molecule has 0 aliphatic carbocycles. The highest BCUT2D eigenvalue weighted by Gasteiger charge is 2.34. The lowest BCUT2D eigenvalue weighted by molar-refractivity contribution is 0.0655. The van der Waals surface area contributed by atoms with E-state index in [2.05, 4.69) is 32.6 Å². The molecule has 0 saturated heterocycles. The van der Waals surface area contributed by atoms with E-state index < -0.39 is 0 Å². The fourth-order valence-electron chi connectivity index (χ4n) is 1.47. The molecule has 0 aromatic heterocycles. The Morgan fingerprint density at radius 3 is 1.65 bits per heavy atom. The molecule has 0 spiro atoms. The Kier molecular flexibility index (Phi) is 7.24. The Morgan fingerprint density at radius 1 is 0.941 bits per heavy atom. The smallest absolute Gasteiger partial charge is 0.0589 e. The second kappa shape index (κ2) is 7.31. The van der Waals surface area contributed by atoms with Gasteiger partial charge < -0.3 is 15.2 Å². The van der Waals surface area contributed by atoms with Crippen LogP contribution in [0, 0.1) is 5.41 Å². The Labute approximate surface area is 106 Å². The second-order valence-electron chi connectivity index (χ2n) is 5.87. The van der Waals surface area contributed by atoms with Gasteiger partial charge in [-0.3, -0.25) is 4.90 Å². The number of methoxy groups -OCH3 is 2. The molecule has 0 radical (unpaired) electrons. The van der Waals surface area contributed by atoms with E-state index in [0.29, 0.717) is 0 Å². The van der Waals surface area contributed by atoms with Crippen molar-refractivity contribution in [2.45, 2.75) is 33.2 Å². The maximum atomic E-state index is 6.23. The molecule has 2 N–H and O–H groups in total. The maximum absolute atomic E-state index is 6.23. The normalized spacial score (nSPS) is 13.4. The molecule has 0 unspecified atom stereocenters. The van der Waals surface area contributed by atoms with Gasteiger partial charge in [0.05, 0.1) is 13.2 Å². The first kappa shape index (κ1) is 16.8. The molecular formula is C13H30N2O2. The van der Waals surface area contributed by atoms with E-state index in [1.807, 2.05) is 0 Å². The van der Waals surface area contributed by atoms with Gasteiger partial charge in [0.2, 0.25) is 0 Å². The first-order valence-corrected chi connectivity index (χ1v) is 6.23. The Balaban J connectivity index is 4.39. The molecule has 0 aromatic rings. The highest BCUT2D eigenvalue weighted by Crippen LogP contribution is 2.29. The van der Waals surface area contributed by atoms with E-state index >= 15 is 0 Å². The van der Waals surface area contributed by atoms with Crippen LogP contribution in [-0.4, -0.2) is 57.5 Å². The van der Waals surface area contributed by atoms with E-state index in [1.165, 1.54) is 0 Å². The Bertz CT molecular complexity index is 192. The Morgan fingerprint density at radius 2 is 1.35 bits per heavy atom. The van der Waals surface area contributed by atoms with Crippen LogP contribution in [0.15, 0.2) is 0 Å². The molecule has 0 heterocycles. The summed E-state index contributed by atoms with van der Waals surface area (Å²) < 4.78 is 10.3. The van der Waals surface area contributed by atoms with E-state index in [-0.39, 0.29) is 11.0 Å². The van der Waals surface area contributed by atoms with Gasteiger partial charge in [-0.05, 0) is 19.3 Å². The minimum absolute atomic E-state index is 0.0501. The van der Waals surface area contributed by atoms with Gasteiger partial charge in [0.15, 0.2) is 0 Å². The lowest BCUT2D eigenvalue weighted by Gasteiger charge is -2.42. The molecule has 4 nitrogen and oxygen atoms in total. The van der Waals surface area contributed by atoms with Gasteiger partial charge in [-0.1, -0.05) is 13.8 Å². The first-order valence-electron chi connectivity index (χ1n) is 6.23. The third-order valence-electron chi connectivity index (χ3n) is 3.59. The summed E-state index contributed by atoms with van der Waals surface area (Å²) in [6.45, 7) is 12.8. The summed E-state index contributed by atoms with van der Waals surface area (Å²) in [6, 6.07) is 0. The average molecular weight is 246 g/mol. The predicted octanol–water partition coefficient (Wildman–Crippen LogP) is 1.34. The van der Waals surface area contributed by atoms with Crippen LogP contribution in [0.3, 0.4) is 0 Å². The molecule has 0 rings (SSSR count). The fourth-order valence-corrected chi connectivity index (χ4v) is 1.47. The molecular weight excluding hydrogens is 216 g/mol. The van der Waals surface area contributed by atoms with Crippen LogP contribution in [0.4, 0.5) is 0 Å². The molecule has 0 aliphatic heterocycles. The van der Waals surface area contributed by atoms with Crippen LogP contribution < -0.4 is 5.73 Å². The molecule has 104 valence electrons. The maximum Gasteiger partial charge on any atom is 0.0589 e. The monoisotopic (exact) mass is 246 g/mol. The van der Waals surface area contributed by atoms with Crippen LogP contribution >= 0.6 is 0 Å². The number of ether oxygens (including phenoxy) is 2. The summed E-state index contributed by atoms with van der Waals surface area (Å²) in [5, 5.41) is 0. The summed E-state index contributed by atoms with van der Waals surface area (Å²) >= 11 is 0. The molecule has 4 heteroatoms. The highest BCUT2D eigenvalue weighted by atomic mass is 16.5. The standard InChI is InChI=1S/C13H30N2O2/c1-12(2,13(3,4)14)11-15(7-9-16-5)8-10-17-6/h7-11,14H2,1-6H3. The van der Waals surface area contributed by atoms with Crippen molar-refractivity contribution in [1.82, 2.24) is 4.90 Å². The van der Waals surface area contributed by atoms with Crippen molar-refractivity contribution >= 4 is 0 Å². The minimum Gasteiger partial charge on any atom is -0.383 e. The van der Waals surface area contributed by atoms with E-state index in [4.69, 9.17) is 15.2 Å². The number of nitrogens with two attached hydrogens (primary N) is 1. The highest BCUT2D eigenvalue weighted by molar-refractivity contribution is 4.92. The fraction of sp³-hybridized carbons (Fsp3) is 1.00. The van der Waals surface area contributed by atoms with Gasteiger partial charge in [-0.25, -0.2) is 0 Å². The summed E-state index contributed by atoms with van der Waals surface area (Å²) in [5.74, 6) is 0. The molecule has 0 aromatic carbocycles. The zero-order valence-corrected chi connectivity index (χ0v) is 12.4. The third-order valence-corrected chi connectivity index (χ3v) is 3.59. The molecule has 0 bridgehead atoms. The summed E-state index contributed by atoms with van der Waals surface area (Å²) in [4.78, 5) is 2.35. The van der Waals surface area contributed by atoms with Gasteiger partial charge in [-0.15, -0.1) is 0 Å². The lowest BCUT2D eigenvalue weighted by atomic mass is 9.75. The van der Waals surface area contributed by atoms with Crippen molar-refractivity contribution in [3.05, 3.63) is 0 Å². The Hall–Kier alpha value is -0.160. The predicted molar refractivity (Wildman–Crippen MR) is 72.2 cm³/mol. The molecule has 0 aliphatic rings. The summed E-state index contributed by atoms with van der Waals surface area (Å²) in [7, 11) is 3.46. The van der Waals surface area contributed by atoms with Crippen molar-refractivity contribution in [2.75, 3.05) is 47.1 Å². The summed E-state index contributed by atoms with van der Waals surface area (Å²) in [6.07, 6.45) is 0. The van der Waals surface area contributed by atoms with Crippen molar-refractivity contribution < 1.29 is 9.47 Å². The zero-order valence-electron chi connectivity index (χ0n) is 12.4. The summed E-state index contributed by atoms with van der Waals surface area (Å²) in [5.41, 5.74) is 6.08. The average Bonchev–Trinajstić information content (AvgIpc) is 2.20. The zero-order chi connectivity index (χ0) is 13.5. The van der Waals surface area contributed by atoms with Gasteiger partial charge in [0.1, 0.15) is 0 Å².